The van der Waals surface area contributed by atoms with E-state index in [0.717, 1.165) is 23.5 Å². The number of aromatic carboxylic acids is 1. The zero-order valence-electron chi connectivity index (χ0n) is 12.3. The molecule has 2 aliphatic heterocycles. The van der Waals surface area contributed by atoms with E-state index < -0.39 is 5.97 Å². The van der Waals surface area contributed by atoms with E-state index in [9.17, 15) is 9.90 Å². The second kappa shape index (κ2) is 6.28. The highest BCUT2D eigenvalue weighted by Gasteiger charge is 2.35. The van der Waals surface area contributed by atoms with Gasteiger partial charge in [0.15, 0.2) is 0 Å². The lowest BCUT2D eigenvalue weighted by atomic mass is 9.98. The number of rotatable bonds is 4. The van der Waals surface area contributed by atoms with Crippen molar-refractivity contribution in [3.8, 4) is 0 Å². The molecule has 1 aromatic carbocycles. The zero-order chi connectivity index (χ0) is 14.8. The number of carbonyl (C=O) groups is 1. The average molecular weight is 306 g/mol. The highest BCUT2D eigenvalue weighted by molar-refractivity contribution is 7.98. The Balaban J connectivity index is 1.83. The number of hydrogen-bond donors (Lipinski definition) is 2. The average Bonchev–Trinajstić information content (AvgIpc) is 2.90. The second-order valence-corrected chi connectivity index (χ2v) is 6.67. The number of piperidine rings is 1. The van der Waals surface area contributed by atoms with Crippen molar-refractivity contribution in [1.29, 1.82) is 0 Å². The Kier molecular flexibility index (Phi) is 4.40. The summed E-state index contributed by atoms with van der Waals surface area (Å²) in [6.45, 7) is 2.33. The van der Waals surface area contributed by atoms with E-state index in [-0.39, 0.29) is 0 Å². The zero-order valence-corrected chi connectivity index (χ0v) is 13.2. The van der Waals surface area contributed by atoms with Crippen molar-refractivity contribution in [2.75, 3.05) is 24.7 Å². The SMILES string of the molecule is CSc1cccc(NC2CCN3CCCCC23)c1C(=O)O. The van der Waals surface area contributed by atoms with Gasteiger partial charge in [-0.3, -0.25) is 4.90 Å². The molecule has 2 heterocycles. The van der Waals surface area contributed by atoms with E-state index in [2.05, 4.69) is 10.2 Å². The maximum Gasteiger partial charge on any atom is 0.338 e. The molecule has 0 spiro atoms. The van der Waals surface area contributed by atoms with Crippen LogP contribution >= 0.6 is 11.8 Å². The number of anilines is 1. The van der Waals surface area contributed by atoms with E-state index >= 15 is 0 Å². The van der Waals surface area contributed by atoms with Gasteiger partial charge < -0.3 is 10.4 Å². The van der Waals surface area contributed by atoms with E-state index in [1.165, 1.54) is 37.6 Å². The quantitative estimate of drug-likeness (QED) is 0.837. The molecular formula is C16H22N2O2S. The second-order valence-electron chi connectivity index (χ2n) is 5.83. The summed E-state index contributed by atoms with van der Waals surface area (Å²) in [6, 6.07) is 6.66. The topological polar surface area (TPSA) is 52.6 Å². The third-order valence-corrected chi connectivity index (χ3v) is 5.44. The molecule has 0 radical (unpaired) electrons. The molecule has 1 aromatic rings. The van der Waals surface area contributed by atoms with Gasteiger partial charge >= 0.3 is 5.97 Å². The summed E-state index contributed by atoms with van der Waals surface area (Å²) in [5, 5.41) is 13.0. The molecule has 0 aliphatic carbocycles. The first-order valence-electron chi connectivity index (χ1n) is 7.61. The molecule has 4 nitrogen and oxygen atoms in total. The smallest absolute Gasteiger partial charge is 0.338 e. The molecule has 0 amide bonds. The van der Waals surface area contributed by atoms with Gasteiger partial charge in [-0.15, -0.1) is 11.8 Å². The van der Waals surface area contributed by atoms with Gasteiger partial charge in [-0.05, 0) is 44.2 Å². The minimum Gasteiger partial charge on any atom is -0.478 e. The fourth-order valence-corrected chi connectivity index (χ4v) is 4.27. The Labute approximate surface area is 129 Å². The van der Waals surface area contributed by atoms with Gasteiger partial charge in [0.25, 0.3) is 0 Å². The molecule has 114 valence electrons. The van der Waals surface area contributed by atoms with Crippen LogP contribution < -0.4 is 5.32 Å². The highest BCUT2D eigenvalue weighted by atomic mass is 32.2. The lowest BCUT2D eigenvalue weighted by Crippen LogP contribution is -2.41. The Morgan fingerprint density at radius 2 is 2.19 bits per heavy atom. The summed E-state index contributed by atoms with van der Waals surface area (Å²) < 4.78 is 0. The van der Waals surface area contributed by atoms with Crippen molar-refractivity contribution in [1.82, 2.24) is 4.90 Å². The Morgan fingerprint density at radius 1 is 1.33 bits per heavy atom. The van der Waals surface area contributed by atoms with Crippen LogP contribution in [0.2, 0.25) is 0 Å². The number of nitrogens with one attached hydrogen (secondary N) is 1. The number of thioether (sulfide) groups is 1. The van der Waals surface area contributed by atoms with Gasteiger partial charge in [0.1, 0.15) is 0 Å². The lowest BCUT2D eigenvalue weighted by molar-refractivity contribution is 0.0694. The summed E-state index contributed by atoms with van der Waals surface area (Å²) >= 11 is 1.49. The fourth-order valence-electron chi connectivity index (χ4n) is 3.66. The van der Waals surface area contributed by atoms with Crippen molar-refractivity contribution in [3.05, 3.63) is 23.8 Å². The predicted octanol–water partition coefficient (Wildman–Crippen LogP) is 3.15. The van der Waals surface area contributed by atoms with Gasteiger partial charge in [-0.1, -0.05) is 12.5 Å². The summed E-state index contributed by atoms with van der Waals surface area (Å²) in [5.74, 6) is -0.846. The van der Waals surface area contributed by atoms with Crippen LogP contribution in [0.4, 0.5) is 5.69 Å². The molecule has 2 fully saturated rings. The van der Waals surface area contributed by atoms with Gasteiger partial charge in [0, 0.05) is 23.5 Å². The van der Waals surface area contributed by atoms with Gasteiger partial charge in [0.05, 0.1) is 11.3 Å². The molecule has 2 N–H and O–H groups in total. The minimum atomic E-state index is -0.846. The van der Waals surface area contributed by atoms with Crippen LogP contribution in [-0.2, 0) is 0 Å². The van der Waals surface area contributed by atoms with E-state index in [1.54, 1.807) is 0 Å². The number of nitrogens with zero attached hydrogens (tertiary/aromatic N) is 1. The number of benzene rings is 1. The summed E-state index contributed by atoms with van der Waals surface area (Å²) in [4.78, 5) is 15.0. The standard InChI is InChI=1S/C16H22N2O2S/c1-21-14-7-4-5-12(15(14)16(19)20)17-11-8-10-18-9-3-2-6-13(11)18/h4-5,7,11,13,17H,2-3,6,8-10H2,1H3,(H,19,20). The molecule has 2 atom stereocenters. The Hall–Kier alpha value is -1.20. The molecule has 0 bridgehead atoms. The van der Waals surface area contributed by atoms with E-state index in [1.807, 2.05) is 24.5 Å². The monoisotopic (exact) mass is 306 g/mol. The summed E-state index contributed by atoms with van der Waals surface area (Å²) in [6.07, 6.45) is 6.83. The minimum absolute atomic E-state index is 0.375. The maximum absolute atomic E-state index is 11.6. The maximum atomic E-state index is 11.6. The van der Waals surface area contributed by atoms with Crippen molar-refractivity contribution < 1.29 is 9.90 Å². The van der Waals surface area contributed by atoms with Crippen LogP contribution in [0.1, 0.15) is 36.0 Å². The number of carboxylic acid groups (broad SMARTS) is 1. The third-order valence-electron chi connectivity index (χ3n) is 4.66. The van der Waals surface area contributed by atoms with Gasteiger partial charge in [-0.2, -0.15) is 0 Å². The molecule has 2 aliphatic rings. The van der Waals surface area contributed by atoms with Crippen LogP contribution in [0, 0.1) is 0 Å². The van der Waals surface area contributed by atoms with Crippen molar-refractivity contribution in [2.24, 2.45) is 0 Å². The van der Waals surface area contributed by atoms with Crippen LogP contribution in [0.3, 0.4) is 0 Å². The molecular weight excluding hydrogens is 284 g/mol. The van der Waals surface area contributed by atoms with E-state index in [4.69, 9.17) is 0 Å². The van der Waals surface area contributed by atoms with Crippen molar-refractivity contribution in [2.45, 2.75) is 42.7 Å². The molecule has 3 rings (SSSR count). The largest absolute Gasteiger partial charge is 0.478 e. The first-order valence-corrected chi connectivity index (χ1v) is 8.84. The molecule has 0 aromatic heterocycles. The van der Waals surface area contributed by atoms with Gasteiger partial charge in [0.2, 0.25) is 0 Å². The number of fused-ring (bicyclic) bond motifs is 1. The lowest BCUT2D eigenvalue weighted by Gasteiger charge is -2.33. The normalized spacial score (nSPS) is 25.6. The van der Waals surface area contributed by atoms with Crippen LogP contribution in [0.25, 0.3) is 0 Å². The van der Waals surface area contributed by atoms with Crippen molar-refractivity contribution >= 4 is 23.4 Å². The number of hydrogen-bond acceptors (Lipinski definition) is 4. The Morgan fingerprint density at radius 3 is 2.95 bits per heavy atom. The first-order chi connectivity index (χ1) is 10.2. The summed E-state index contributed by atoms with van der Waals surface area (Å²) in [5.41, 5.74) is 1.19. The molecule has 2 unspecified atom stereocenters. The first kappa shape index (κ1) is 14.7. The predicted molar refractivity (Wildman–Crippen MR) is 86.4 cm³/mol. The van der Waals surface area contributed by atoms with E-state index in [0.29, 0.717) is 17.6 Å². The molecule has 5 heteroatoms. The van der Waals surface area contributed by atoms with Gasteiger partial charge in [-0.25, -0.2) is 4.79 Å². The highest BCUT2D eigenvalue weighted by Crippen LogP contribution is 2.32. The third kappa shape index (κ3) is 2.90. The number of carboxylic acids is 1. The molecule has 0 saturated carbocycles. The molecule has 21 heavy (non-hydrogen) atoms. The molecule has 2 saturated heterocycles. The Bertz CT molecular complexity index is 535. The van der Waals surface area contributed by atoms with Crippen LogP contribution in [0.15, 0.2) is 23.1 Å². The summed E-state index contributed by atoms with van der Waals surface area (Å²) in [7, 11) is 0. The fraction of sp³-hybridized carbons (Fsp3) is 0.562. The van der Waals surface area contributed by atoms with Crippen LogP contribution in [0.5, 0.6) is 0 Å². The van der Waals surface area contributed by atoms with Crippen molar-refractivity contribution in [3.63, 3.8) is 0 Å². The van der Waals surface area contributed by atoms with Crippen LogP contribution in [-0.4, -0.2) is 47.4 Å².